The van der Waals surface area contributed by atoms with Crippen molar-refractivity contribution in [2.45, 2.75) is 12.6 Å². The molecule has 3 heteroatoms. The number of nitrogens with one attached hydrogen (secondary N) is 1. The molecule has 0 amide bonds. The van der Waals surface area contributed by atoms with Crippen molar-refractivity contribution in [3.8, 4) is 11.5 Å². The maximum Gasteiger partial charge on any atom is 0.124 e. The summed E-state index contributed by atoms with van der Waals surface area (Å²) in [5.74, 6) is 1.90. The first kappa shape index (κ1) is 12.1. The number of benzene rings is 2. The van der Waals surface area contributed by atoms with Gasteiger partial charge in [0.05, 0.1) is 13.2 Å². The van der Waals surface area contributed by atoms with Crippen LogP contribution >= 0.6 is 0 Å². The predicted molar refractivity (Wildman–Crippen MR) is 74.5 cm³/mol. The van der Waals surface area contributed by atoms with Crippen LogP contribution in [0.2, 0.25) is 0 Å². The van der Waals surface area contributed by atoms with Crippen molar-refractivity contribution in [1.82, 2.24) is 5.32 Å². The van der Waals surface area contributed by atoms with E-state index in [-0.39, 0.29) is 6.04 Å². The number of rotatable bonds is 4. The summed E-state index contributed by atoms with van der Waals surface area (Å²) in [5, 5.41) is 3.52. The fourth-order valence-corrected chi connectivity index (χ4v) is 2.41. The third-order valence-electron chi connectivity index (χ3n) is 3.43. The highest BCUT2D eigenvalue weighted by Crippen LogP contribution is 2.32. The van der Waals surface area contributed by atoms with E-state index in [0.29, 0.717) is 6.61 Å². The fourth-order valence-electron chi connectivity index (χ4n) is 2.41. The summed E-state index contributed by atoms with van der Waals surface area (Å²) in [6.07, 6.45) is 0. The van der Waals surface area contributed by atoms with Gasteiger partial charge in [-0.25, -0.2) is 0 Å². The smallest absolute Gasteiger partial charge is 0.124 e. The van der Waals surface area contributed by atoms with Crippen LogP contribution in [0.4, 0.5) is 0 Å². The second-order valence-electron chi connectivity index (χ2n) is 4.59. The van der Waals surface area contributed by atoms with Crippen LogP contribution in [0, 0.1) is 0 Å². The first-order valence-corrected chi connectivity index (χ1v) is 6.45. The molecule has 19 heavy (non-hydrogen) atoms. The molecule has 3 nitrogen and oxygen atoms in total. The molecule has 2 aromatic carbocycles. The molecule has 1 aliphatic heterocycles. The third kappa shape index (κ3) is 2.42. The van der Waals surface area contributed by atoms with Crippen LogP contribution in [0.3, 0.4) is 0 Å². The van der Waals surface area contributed by atoms with Gasteiger partial charge in [0, 0.05) is 17.7 Å². The summed E-state index contributed by atoms with van der Waals surface area (Å²) in [5.41, 5.74) is 2.40. The summed E-state index contributed by atoms with van der Waals surface area (Å²) in [6, 6.07) is 16.5. The number of ether oxygens (including phenoxy) is 2. The molecule has 1 aliphatic rings. The highest BCUT2D eigenvalue weighted by Gasteiger charge is 2.22. The monoisotopic (exact) mass is 255 g/mol. The van der Waals surface area contributed by atoms with Crippen LogP contribution in [0.1, 0.15) is 17.2 Å². The Kier molecular flexibility index (Phi) is 3.38. The molecule has 1 unspecified atom stereocenters. The lowest BCUT2D eigenvalue weighted by Crippen LogP contribution is -2.22. The number of hydrogen-bond acceptors (Lipinski definition) is 3. The van der Waals surface area contributed by atoms with Gasteiger partial charge in [0.1, 0.15) is 18.1 Å². The SMILES string of the molecule is COc1ccccc1CNC1COc2ccccc21. The van der Waals surface area contributed by atoms with Crippen LogP contribution in [0.5, 0.6) is 11.5 Å². The maximum absolute atomic E-state index is 5.66. The Morgan fingerprint density at radius 3 is 2.84 bits per heavy atom. The predicted octanol–water partition coefficient (Wildman–Crippen LogP) is 2.92. The zero-order valence-corrected chi connectivity index (χ0v) is 10.9. The quantitative estimate of drug-likeness (QED) is 0.911. The molecule has 1 N–H and O–H groups in total. The number of methoxy groups -OCH3 is 1. The average Bonchev–Trinajstić information content (AvgIpc) is 2.89. The van der Waals surface area contributed by atoms with Crippen LogP contribution < -0.4 is 14.8 Å². The molecular formula is C16H17NO2. The molecule has 0 aromatic heterocycles. The van der Waals surface area contributed by atoms with Gasteiger partial charge in [-0.3, -0.25) is 0 Å². The Morgan fingerprint density at radius 2 is 1.95 bits per heavy atom. The van der Waals surface area contributed by atoms with E-state index in [1.54, 1.807) is 7.11 Å². The molecular weight excluding hydrogens is 238 g/mol. The highest BCUT2D eigenvalue weighted by molar-refractivity contribution is 5.39. The summed E-state index contributed by atoms with van der Waals surface area (Å²) < 4.78 is 11.0. The van der Waals surface area contributed by atoms with Crippen LogP contribution in [-0.2, 0) is 6.54 Å². The standard InChI is InChI=1S/C16H17NO2/c1-18-15-8-4-2-6-12(15)10-17-14-11-19-16-9-5-3-7-13(14)16/h2-9,14,17H,10-11H2,1H3. The molecule has 0 bridgehead atoms. The molecule has 0 saturated heterocycles. The van der Waals surface area contributed by atoms with Crippen molar-refractivity contribution in [1.29, 1.82) is 0 Å². The summed E-state index contributed by atoms with van der Waals surface area (Å²) in [4.78, 5) is 0. The van der Waals surface area contributed by atoms with Gasteiger partial charge in [-0.2, -0.15) is 0 Å². The van der Waals surface area contributed by atoms with Crippen molar-refractivity contribution in [2.24, 2.45) is 0 Å². The summed E-state index contributed by atoms with van der Waals surface area (Å²) in [7, 11) is 1.70. The van der Waals surface area contributed by atoms with Gasteiger partial charge in [-0.05, 0) is 12.1 Å². The van der Waals surface area contributed by atoms with Crippen molar-refractivity contribution in [3.63, 3.8) is 0 Å². The number of fused-ring (bicyclic) bond motifs is 1. The average molecular weight is 255 g/mol. The van der Waals surface area contributed by atoms with E-state index in [1.807, 2.05) is 36.4 Å². The number of para-hydroxylation sites is 2. The first-order chi connectivity index (χ1) is 9.38. The lowest BCUT2D eigenvalue weighted by atomic mass is 10.1. The molecule has 0 radical (unpaired) electrons. The van der Waals surface area contributed by atoms with Gasteiger partial charge in [0.2, 0.25) is 0 Å². The second kappa shape index (κ2) is 5.33. The first-order valence-electron chi connectivity index (χ1n) is 6.45. The van der Waals surface area contributed by atoms with Crippen molar-refractivity contribution >= 4 is 0 Å². The second-order valence-corrected chi connectivity index (χ2v) is 4.59. The molecule has 0 spiro atoms. The largest absolute Gasteiger partial charge is 0.496 e. The van der Waals surface area contributed by atoms with Gasteiger partial charge >= 0.3 is 0 Å². The molecule has 2 aromatic rings. The normalized spacial score (nSPS) is 16.8. The lowest BCUT2D eigenvalue weighted by Gasteiger charge is -2.13. The van der Waals surface area contributed by atoms with E-state index >= 15 is 0 Å². The Hall–Kier alpha value is -2.00. The van der Waals surface area contributed by atoms with Gasteiger partial charge < -0.3 is 14.8 Å². The van der Waals surface area contributed by atoms with E-state index < -0.39 is 0 Å². The summed E-state index contributed by atoms with van der Waals surface area (Å²) >= 11 is 0. The van der Waals surface area contributed by atoms with E-state index in [4.69, 9.17) is 9.47 Å². The van der Waals surface area contributed by atoms with Crippen LogP contribution in [-0.4, -0.2) is 13.7 Å². The van der Waals surface area contributed by atoms with Gasteiger partial charge in [-0.1, -0.05) is 36.4 Å². The molecule has 3 rings (SSSR count). The van der Waals surface area contributed by atoms with Crippen molar-refractivity contribution < 1.29 is 9.47 Å². The van der Waals surface area contributed by atoms with Gasteiger partial charge in [0.15, 0.2) is 0 Å². The van der Waals surface area contributed by atoms with E-state index in [0.717, 1.165) is 23.6 Å². The lowest BCUT2D eigenvalue weighted by molar-refractivity contribution is 0.309. The molecule has 0 aliphatic carbocycles. The molecule has 1 heterocycles. The Morgan fingerprint density at radius 1 is 1.16 bits per heavy atom. The van der Waals surface area contributed by atoms with Crippen molar-refractivity contribution in [2.75, 3.05) is 13.7 Å². The van der Waals surface area contributed by atoms with E-state index in [2.05, 4.69) is 17.4 Å². The van der Waals surface area contributed by atoms with E-state index in [1.165, 1.54) is 5.56 Å². The molecule has 0 saturated carbocycles. The third-order valence-corrected chi connectivity index (χ3v) is 3.43. The zero-order valence-electron chi connectivity index (χ0n) is 10.9. The maximum atomic E-state index is 5.66. The Labute approximate surface area is 113 Å². The minimum atomic E-state index is 0.251. The van der Waals surface area contributed by atoms with Crippen LogP contribution in [0.25, 0.3) is 0 Å². The molecule has 98 valence electrons. The van der Waals surface area contributed by atoms with Crippen molar-refractivity contribution in [3.05, 3.63) is 59.7 Å². The molecule has 0 fully saturated rings. The molecule has 1 atom stereocenters. The number of hydrogen-bond donors (Lipinski definition) is 1. The minimum Gasteiger partial charge on any atom is -0.496 e. The Balaban J connectivity index is 1.71. The highest BCUT2D eigenvalue weighted by atomic mass is 16.5. The van der Waals surface area contributed by atoms with Gasteiger partial charge in [-0.15, -0.1) is 0 Å². The summed E-state index contributed by atoms with van der Waals surface area (Å²) in [6.45, 7) is 1.46. The van der Waals surface area contributed by atoms with Gasteiger partial charge in [0.25, 0.3) is 0 Å². The van der Waals surface area contributed by atoms with E-state index in [9.17, 15) is 0 Å². The Bertz CT molecular complexity index is 568. The zero-order chi connectivity index (χ0) is 13.1. The topological polar surface area (TPSA) is 30.5 Å². The van der Waals surface area contributed by atoms with Crippen LogP contribution in [0.15, 0.2) is 48.5 Å². The minimum absolute atomic E-state index is 0.251. The fraction of sp³-hybridized carbons (Fsp3) is 0.250.